The van der Waals surface area contributed by atoms with Crippen molar-refractivity contribution < 1.29 is 13.2 Å². The molecule has 1 saturated carbocycles. The second-order valence-electron chi connectivity index (χ2n) is 8.54. The quantitative estimate of drug-likeness (QED) is 0.623. The Bertz CT molecular complexity index is 1000. The Hall–Kier alpha value is -2.15. The Balaban J connectivity index is 1.34. The summed E-state index contributed by atoms with van der Waals surface area (Å²) in [5.41, 5.74) is 3.08. The van der Waals surface area contributed by atoms with Crippen molar-refractivity contribution in [2.24, 2.45) is 5.92 Å². The second-order valence-corrected chi connectivity index (χ2v) is 8.54. The van der Waals surface area contributed by atoms with E-state index in [1.165, 1.54) is 10.9 Å². The highest BCUT2D eigenvalue weighted by atomic mass is 19.4. The molecule has 1 N–H and O–H groups in total. The van der Waals surface area contributed by atoms with Crippen molar-refractivity contribution in [2.45, 2.75) is 56.7 Å². The number of nitrogens with zero attached hydrogens (tertiary/aromatic N) is 3. The molecule has 0 aromatic carbocycles. The molecule has 154 valence electrons. The van der Waals surface area contributed by atoms with Crippen LogP contribution in [0.3, 0.4) is 0 Å². The minimum Gasteiger partial charge on any atom is -0.360 e. The van der Waals surface area contributed by atoms with Crippen LogP contribution in [-0.2, 0) is 0 Å². The summed E-state index contributed by atoms with van der Waals surface area (Å²) in [4.78, 5) is 14.1. The van der Waals surface area contributed by atoms with E-state index in [2.05, 4.69) is 25.9 Å². The molecule has 7 heteroatoms. The van der Waals surface area contributed by atoms with E-state index in [9.17, 15) is 13.2 Å². The zero-order valence-corrected chi connectivity index (χ0v) is 16.3. The number of nitrogens with one attached hydrogen (secondary N) is 1. The summed E-state index contributed by atoms with van der Waals surface area (Å²) in [7, 11) is 0. The van der Waals surface area contributed by atoms with Crippen LogP contribution in [0.15, 0.2) is 30.7 Å². The molecular weight excluding hydrogens is 377 g/mol. The molecule has 0 spiro atoms. The summed E-state index contributed by atoms with van der Waals surface area (Å²) in [6, 6.07) is 4.44. The molecule has 4 nitrogen and oxygen atoms in total. The third-order valence-electron chi connectivity index (χ3n) is 6.89. The van der Waals surface area contributed by atoms with Crippen LogP contribution in [-0.4, -0.2) is 45.2 Å². The van der Waals surface area contributed by atoms with E-state index in [0.717, 1.165) is 48.8 Å². The van der Waals surface area contributed by atoms with Crippen molar-refractivity contribution in [2.75, 3.05) is 13.1 Å². The first-order valence-electron chi connectivity index (χ1n) is 10.5. The van der Waals surface area contributed by atoms with E-state index >= 15 is 0 Å². The molecule has 1 aliphatic heterocycles. The number of fused-ring (bicyclic) bond motifs is 3. The van der Waals surface area contributed by atoms with E-state index in [-0.39, 0.29) is 19.0 Å². The van der Waals surface area contributed by atoms with Gasteiger partial charge in [0.2, 0.25) is 0 Å². The standard InChI is InChI=1S/C22H25F3N4/c23-22(24,25)15-2-1-11-29(13-15)16-5-3-14(4-6-16)17-7-9-26-19-12-28-21-18(20(17)19)8-10-27-21/h7-10,12,14-16,26H,1-6,11,13H2. The van der Waals surface area contributed by atoms with Gasteiger partial charge >= 0.3 is 6.18 Å². The lowest BCUT2D eigenvalue weighted by Crippen LogP contribution is -2.47. The van der Waals surface area contributed by atoms with E-state index in [0.29, 0.717) is 12.3 Å². The smallest absolute Gasteiger partial charge is 0.360 e. The molecule has 0 amide bonds. The van der Waals surface area contributed by atoms with Crippen LogP contribution < -0.4 is 0 Å². The highest BCUT2D eigenvalue weighted by Crippen LogP contribution is 2.41. The molecule has 2 fully saturated rings. The van der Waals surface area contributed by atoms with Crippen molar-refractivity contribution in [1.82, 2.24) is 19.9 Å². The van der Waals surface area contributed by atoms with Crippen molar-refractivity contribution in [1.29, 1.82) is 0 Å². The van der Waals surface area contributed by atoms with Gasteiger partial charge in [0.05, 0.1) is 17.6 Å². The highest BCUT2D eigenvalue weighted by Gasteiger charge is 2.43. The van der Waals surface area contributed by atoms with Gasteiger partial charge in [-0.05, 0) is 68.7 Å². The van der Waals surface area contributed by atoms with Crippen LogP contribution in [0.2, 0.25) is 0 Å². The number of likely N-dealkylation sites (tertiary alicyclic amines) is 1. The summed E-state index contributed by atoms with van der Waals surface area (Å²) in [6.07, 6.45) is 6.39. The number of pyridine rings is 2. The van der Waals surface area contributed by atoms with E-state index in [4.69, 9.17) is 0 Å². The second kappa shape index (κ2) is 7.27. The fourth-order valence-electron chi connectivity index (χ4n) is 5.38. The summed E-state index contributed by atoms with van der Waals surface area (Å²) in [6.45, 7) is 0.976. The van der Waals surface area contributed by atoms with E-state index in [1.807, 2.05) is 18.5 Å². The number of aromatic amines is 1. The largest absolute Gasteiger partial charge is 0.393 e. The maximum Gasteiger partial charge on any atom is 0.393 e. The van der Waals surface area contributed by atoms with Crippen LogP contribution in [0.1, 0.15) is 50.0 Å². The summed E-state index contributed by atoms with van der Waals surface area (Å²) < 4.78 is 39.5. The molecule has 1 saturated heterocycles. The first kappa shape index (κ1) is 18.9. The number of aromatic nitrogens is 3. The van der Waals surface area contributed by atoms with Gasteiger partial charge in [-0.25, -0.2) is 9.97 Å². The molecule has 0 bridgehead atoms. The maximum atomic E-state index is 13.2. The number of piperidine rings is 1. The molecule has 3 aromatic rings. The summed E-state index contributed by atoms with van der Waals surface area (Å²) in [5, 5.41) is 2.26. The van der Waals surface area contributed by atoms with E-state index in [1.54, 1.807) is 6.20 Å². The van der Waals surface area contributed by atoms with Gasteiger partial charge < -0.3 is 4.98 Å². The summed E-state index contributed by atoms with van der Waals surface area (Å²) >= 11 is 0. The third-order valence-corrected chi connectivity index (χ3v) is 6.89. The molecule has 5 rings (SSSR count). The van der Waals surface area contributed by atoms with Gasteiger partial charge in [0, 0.05) is 35.8 Å². The van der Waals surface area contributed by atoms with Gasteiger partial charge in [0.1, 0.15) is 0 Å². The summed E-state index contributed by atoms with van der Waals surface area (Å²) in [5.74, 6) is -0.736. The molecule has 1 aliphatic carbocycles. The highest BCUT2D eigenvalue weighted by molar-refractivity contribution is 6.05. The first-order valence-corrected chi connectivity index (χ1v) is 10.5. The Morgan fingerprint density at radius 2 is 1.86 bits per heavy atom. The number of hydrogen-bond acceptors (Lipinski definition) is 3. The van der Waals surface area contributed by atoms with Crippen molar-refractivity contribution >= 4 is 21.9 Å². The van der Waals surface area contributed by atoms with Crippen LogP contribution in [0.25, 0.3) is 21.9 Å². The van der Waals surface area contributed by atoms with Crippen molar-refractivity contribution in [3.8, 4) is 0 Å². The lowest BCUT2D eigenvalue weighted by atomic mass is 9.79. The lowest BCUT2D eigenvalue weighted by Gasteiger charge is -2.42. The predicted molar refractivity (Wildman–Crippen MR) is 107 cm³/mol. The average Bonchev–Trinajstić information content (AvgIpc) is 3.22. The van der Waals surface area contributed by atoms with Crippen molar-refractivity contribution in [3.05, 3.63) is 36.3 Å². The Morgan fingerprint density at radius 1 is 1.03 bits per heavy atom. The molecule has 1 atom stereocenters. The fraction of sp³-hybridized carbons (Fsp3) is 0.545. The topological polar surface area (TPSA) is 44.8 Å². The predicted octanol–water partition coefficient (Wildman–Crippen LogP) is 5.41. The van der Waals surface area contributed by atoms with Gasteiger partial charge in [0.15, 0.2) is 5.65 Å². The molecule has 1 unspecified atom stereocenters. The number of rotatable bonds is 2. The SMILES string of the molecule is FC(F)(F)C1CCCN(C2CCC(c3cc[nH]c4cnc5nccc5c34)CC2)C1. The van der Waals surface area contributed by atoms with Gasteiger partial charge in [-0.3, -0.25) is 4.90 Å². The zero-order valence-electron chi connectivity index (χ0n) is 16.3. The Labute approximate surface area is 167 Å². The van der Waals surface area contributed by atoms with E-state index < -0.39 is 12.1 Å². The zero-order chi connectivity index (χ0) is 20.0. The molecule has 4 heterocycles. The lowest BCUT2D eigenvalue weighted by molar-refractivity contribution is -0.189. The monoisotopic (exact) mass is 402 g/mol. The number of halogens is 3. The van der Waals surface area contributed by atoms with Gasteiger partial charge in [-0.2, -0.15) is 13.2 Å². The minimum atomic E-state index is -4.07. The fourth-order valence-corrected chi connectivity index (χ4v) is 5.38. The van der Waals surface area contributed by atoms with Crippen molar-refractivity contribution in [3.63, 3.8) is 0 Å². The maximum absolute atomic E-state index is 13.2. The van der Waals surface area contributed by atoms with Gasteiger partial charge in [-0.15, -0.1) is 0 Å². The van der Waals surface area contributed by atoms with Gasteiger partial charge in [-0.1, -0.05) is 0 Å². The van der Waals surface area contributed by atoms with Gasteiger partial charge in [0.25, 0.3) is 0 Å². The molecule has 0 radical (unpaired) electrons. The first-order chi connectivity index (χ1) is 14.0. The molecular formula is C22H25F3N4. The Morgan fingerprint density at radius 3 is 2.66 bits per heavy atom. The number of H-pyrrole nitrogens is 1. The number of alkyl halides is 3. The van der Waals surface area contributed by atoms with Crippen LogP contribution >= 0.6 is 0 Å². The molecule has 2 aliphatic rings. The average molecular weight is 402 g/mol. The number of hydrogen-bond donors (Lipinski definition) is 1. The normalized spacial score (nSPS) is 26.9. The minimum absolute atomic E-state index is 0.174. The third kappa shape index (κ3) is 3.50. The molecule has 29 heavy (non-hydrogen) atoms. The molecule has 3 aromatic heterocycles. The van der Waals surface area contributed by atoms with Crippen LogP contribution in [0, 0.1) is 5.92 Å². The van der Waals surface area contributed by atoms with Crippen LogP contribution in [0.4, 0.5) is 13.2 Å². The Kier molecular flexibility index (Phi) is 4.73. The van der Waals surface area contributed by atoms with Crippen LogP contribution in [0.5, 0.6) is 0 Å².